The minimum Gasteiger partial charge on any atom is -0.481 e. The first-order chi connectivity index (χ1) is 9.75. The first kappa shape index (κ1) is 15.4. The SMILES string of the molecule is O=C(O)Cc1ccccc1CNCCN1CCSCC1. The van der Waals surface area contributed by atoms with Crippen molar-refractivity contribution in [3.05, 3.63) is 35.4 Å². The van der Waals surface area contributed by atoms with Crippen molar-refractivity contribution in [2.24, 2.45) is 0 Å². The smallest absolute Gasteiger partial charge is 0.307 e. The molecule has 0 amide bonds. The molecule has 5 heteroatoms. The third-order valence-electron chi connectivity index (χ3n) is 3.48. The van der Waals surface area contributed by atoms with Crippen molar-refractivity contribution < 1.29 is 9.90 Å². The molecule has 1 heterocycles. The zero-order chi connectivity index (χ0) is 14.2. The number of carboxylic acid groups (broad SMARTS) is 1. The van der Waals surface area contributed by atoms with Gasteiger partial charge in [0.05, 0.1) is 6.42 Å². The van der Waals surface area contributed by atoms with E-state index in [-0.39, 0.29) is 6.42 Å². The lowest BCUT2D eigenvalue weighted by Gasteiger charge is -2.26. The van der Waals surface area contributed by atoms with E-state index in [9.17, 15) is 4.79 Å². The zero-order valence-corrected chi connectivity index (χ0v) is 12.5. The van der Waals surface area contributed by atoms with Gasteiger partial charge in [0.1, 0.15) is 0 Å². The highest BCUT2D eigenvalue weighted by Crippen LogP contribution is 2.10. The third-order valence-corrected chi connectivity index (χ3v) is 4.43. The molecular formula is C15H22N2O2S. The van der Waals surface area contributed by atoms with Crippen molar-refractivity contribution in [3.8, 4) is 0 Å². The van der Waals surface area contributed by atoms with Gasteiger partial charge in [-0.1, -0.05) is 24.3 Å². The van der Waals surface area contributed by atoms with Crippen LogP contribution in [0, 0.1) is 0 Å². The van der Waals surface area contributed by atoms with Gasteiger partial charge in [-0.3, -0.25) is 4.79 Å². The highest BCUT2D eigenvalue weighted by Gasteiger charge is 2.09. The Bertz CT molecular complexity index is 434. The quantitative estimate of drug-likeness (QED) is 0.746. The minimum atomic E-state index is -0.775. The summed E-state index contributed by atoms with van der Waals surface area (Å²) in [6, 6.07) is 7.76. The lowest BCUT2D eigenvalue weighted by molar-refractivity contribution is -0.136. The van der Waals surface area contributed by atoms with Crippen molar-refractivity contribution in [1.82, 2.24) is 10.2 Å². The van der Waals surface area contributed by atoms with Gasteiger partial charge >= 0.3 is 5.97 Å². The van der Waals surface area contributed by atoms with Gasteiger partial charge in [0.25, 0.3) is 0 Å². The van der Waals surface area contributed by atoms with E-state index in [2.05, 4.69) is 10.2 Å². The van der Waals surface area contributed by atoms with Gasteiger partial charge in [-0.05, 0) is 11.1 Å². The molecule has 2 rings (SSSR count). The maximum atomic E-state index is 10.8. The predicted molar refractivity (Wildman–Crippen MR) is 83.3 cm³/mol. The maximum Gasteiger partial charge on any atom is 0.307 e. The number of hydrogen-bond acceptors (Lipinski definition) is 4. The maximum absolute atomic E-state index is 10.8. The van der Waals surface area contributed by atoms with Crippen LogP contribution in [0.5, 0.6) is 0 Å². The highest BCUT2D eigenvalue weighted by atomic mass is 32.2. The molecule has 1 aromatic carbocycles. The lowest BCUT2D eigenvalue weighted by Crippen LogP contribution is -2.37. The van der Waals surface area contributed by atoms with Crippen LogP contribution < -0.4 is 5.32 Å². The zero-order valence-electron chi connectivity index (χ0n) is 11.7. The van der Waals surface area contributed by atoms with Crippen LogP contribution >= 0.6 is 11.8 Å². The van der Waals surface area contributed by atoms with E-state index in [0.717, 1.165) is 30.8 Å². The number of carboxylic acids is 1. The Hall–Kier alpha value is -1.04. The Kier molecular flexibility index (Phi) is 6.36. The van der Waals surface area contributed by atoms with Crippen LogP contribution in [-0.2, 0) is 17.8 Å². The molecule has 1 fully saturated rings. The van der Waals surface area contributed by atoms with E-state index in [1.165, 1.54) is 24.6 Å². The van der Waals surface area contributed by atoms with E-state index in [1.54, 1.807) is 0 Å². The Morgan fingerprint density at radius 3 is 2.65 bits per heavy atom. The van der Waals surface area contributed by atoms with Crippen LogP contribution in [0.3, 0.4) is 0 Å². The first-order valence-corrected chi connectivity index (χ1v) is 8.20. The fourth-order valence-electron chi connectivity index (χ4n) is 2.35. The molecule has 0 unspecified atom stereocenters. The summed E-state index contributed by atoms with van der Waals surface area (Å²) in [6.45, 7) is 5.13. The predicted octanol–water partition coefficient (Wildman–Crippen LogP) is 1.45. The molecule has 0 aliphatic carbocycles. The van der Waals surface area contributed by atoms with Gasteiger partial charge in [-0.25, -0.2) is 0 Å². The topological polar surface area (TPSA) is 52.6 Å². The summed E-state index contributed by atoms with van der Waals surface area (Å²) in [6.07, 6.45) is 0.0984. The average molecular weight is 294 g/mol. The van der Waals surface area contributed by atoms with Crippen LogP contribution in [0.4, 0.5) is 0 Å². The Balaban J connectivity index is 1.74. The first-order valence-electron chi connectivity index (χ1n) is 7.05. The molecule has 0 atom stereocenters. The fourth-order valence-corrected chi connectivity index (χ4v) is 3.33. The number of nitrogens with zero attached hydrogens (tertiary/aromatic N) is 1. The number of rotatable bonds is 7. The summed E-state index contributed by atoms with van der Waals surface area (Å²) >= 11 is 2.02. The summed E-state index contributed by atoms with van der Waals surface area (Å²) in [4.78, 5) is 13.3. The monoisotopic (exact) mass is 294 g/mol. The summed E-state index contributed by atoms with van der Waals surface area (Å²) < 4.78 is 0. The molecule has 1 aliphatic heterocycles. The van der Waals surface area contributed by atoms with Crippen LogP contribution in [0.15, 0.2) is 24.3 Å². The molecule has 1 aromatic rings. The molecule has 0 bridgehead atoms. The highest BCUT2D eigenvalue weighted by molar-refractivity contribution is 7.99. The van der Waals surface area contributed by atoms with Crippen LogP contribution in [0.25, 0.3) is 0 Å². The third kappa shape index (κ3) is 5.15. The van der Waals surface area contributed by atoms with Crippen LogP contribution in [0.2, 0.25) is 0 Å². The van der Waals surface area contributed by atoms with Gasteiger partial charge in [0.15, 0.2) is 0 Å². The second kappa shape index (κ2) is 8.29. The summed E-state index contributed by atoms with van der Waals surface area (Å²) in [5, 5.41) is 12.3. The van der Waals surface area contributed by atoms with E-state index in [4.69, 9.17) is 5.11 Å². The summed E-state index contributed by atoms with van der Waals surface area (Å²) in [7, 11) is 0. The Morgan fingerprint density at radius 2 is 1.95 bits per heavy atom. The molecule has 0 spiro atoms. The van der Waals surface area contributed by atoms with Gasteiger partial charge in [0.2, 0.25) is 0 Å². The fraction of sp³-hybridized carbons (Fsp3) is 0.533. The van der Waals surface area contributed by atoms with Crippen LogP contribution in [-0.4, -0.2) is 53.7 Å². The number of hydrogen-bond donors (Lipinski definition) is 2. The number of aliphatic carboxylic acids is 1. The minimum absolute atomic E-state index is 0.0984. The van der Waals surface area contributed by atoms with Gasteiger partial charge in [-0.2, -0.15) is 11.8 Å². The number of thioether (sulfide) groups is 1. The molecule has 1 aliphatic rings. The van der Waals surface area contributed by atoms with E-state index < -0.39 is 5.97 Å². The van der Waals surface area contributed by atoms with Crippen LogP contribution in [0.1, 0.15) is 11.1 Å². The Morgan fingerprint density at radius 1 is 1.25 bits per heavy atom. The average Bonchev–Trinajstić information content (AvgIpc) is 2.46. The van der Waals surface area contributed by atoms with E-state index in [0.29, 0.717) is 0 Å². The standard InChI is InChI=1S/C15H22N2O2S/c18-15(19)11-13-3-1-2-4-14(13)12-16-5-6-17-7-9-20-10-8-17/h1-4,16H,5-12H2,(H,18,19). The van der Waals surface area contributed by atoms with Crippen molar-refractivity contribution in [2.75, 3.05) is 37.7 Å². The van der Waals surface area contributed by atoms with Crippen molar-refractivity contribution in [3.63, 3.8) is 0 Å². The number of nitrogens with one attached hydrogen (secondary N) is 1. The molecule has 0 radical (unpaired) electrons. The van der Waals surface area contributed by atoms with Gasteiger partial charge in [-0.15, -0.1) is 0 Å². The summed E-state index contributed by atoms with van der Waals surface area (Å²) in [5.41, 5.74) is 1.99. The second-order valence-corrected chi connectivity index (χ2v) is 6.19. The number of benzene rings is 1. The largest absolute Gasteiger partial charge is 0.481 e. The van der Waals surface area contributed by atoms with E-state index in [1.807, 2.05) is 36.0 Å². The van der Waals surface area contributed by atoms with Crippen molar-refractivity contribution in [1.29, 1.82) is 0 Å². The molecule has 110 valence electrons. The molecule has 0 saturated carbocycles. The summed E-state index contributed by atoms with van der Waals surface area (Å²) in [5.74, 6) is 1.70. The normalized spacial score (nSPS) is 16.2. The Labute approximate surface area is 124 Å². The second-order valence-electron chi connectivity index (χ2n) is 4.97. The van der Waals surface area contributed by atoms with E-state index >= 15 is 0 Å². The van der Waals surface area contributed by atoms with Gasteiger partial charge in [0, 0.05) is 44.2 Å². The number of carbonyl (C=O) groups is 1. The molecular weight excluding hydrogens is 272 g/mol. The van der Waals surface area contributed by atoms with Crippen molar-refractivity contribution >= 4 is 17.7 Å². The van der Waals surface area contributed by atoms with Gasteiger partial charge < -0.3 is 15.3 Å². The molecule has 1 saturated heterocycles. The molecule has 2 N–H and O–H groups in total. The van der Waals surface area contributed by atoms with Crippen molar-refractivity contribution in [2.45, 2.75) is 13.0 Å². The lowest BCUT2D eigenvalue weighted by atomic mass is 10.0. The molecule has 0 aromatic heterocycles. The molecule has 20 heavy (non-hydrogen) atoms. The molecule has 4 nitrogen and oxygen atoms in total.